The molecule has 0 saturated carbocycles. The first-order chi connectivity index (χ1) is 44.5. The molecule has 8 aromatic rings. The maximum absolute atomic E-state index is 16.1. The highest BCUT2D eigenvalue weighted by atomic mass is 32.2. The number of hydrogen-bond donors (Lipinski definition) is 4. The Kier molecular flexibility index (Phi) is 19.6. The van der Waals surface area contributed by atoms with E-state index in [1.54, 1.807) is 63.0 Å². The summed E-state index contributed by atoms with van der Waals surface area (Å²) in [5.74, 6) is -0.230. The molecule has 2 bridgehead atoms. The molecule has 2 amide bonds. The number of anilines is 2. The molecule has 7 heterocycles. The summed E-state index contributed by atoms with van der Waals surface area (Å²) in [5.41, 5.74) is -1.10. The molecule has 11 rings (SSSR count). The van der Waals surface area contributed by atoms with E-state index < -0.39 is 118 Å². The highest BCUT2D eigenvalue weighted by molar-refractivity contribution is 8.00. The van der Waals surface area contributed by atoms with E-state index in [-0.39, 0.29) is 53.7 Å². The third kappa shape index (κ3) is 13.6. The van der Waals surface area contributed by atoms with Gasteiger partial charge in [0.1, 0.15) is 46.6 Å². The summed E-state index contributed by atoms with van der Waals surface area (Å²) in [6, 6.07) is 35.0. The molecule has 27 nitrogen and oxygen atoms in total. The molecular weight excluding hydrogens is 1280 g/mol. The van der Waals surface area contributed by atoms with Gasteiger partial charge in [0.2, 0.25) is 11.9 Å². The molecule has 0 radical (unpaired) electrons. The SMILES string of the molecule is COc1ccc(C(OC[C@@]23CO[C@@H]([C@H](n4cnc5c(NC(=O)c6ccccc6)ncnc54)O2)[C@@H]3OP(=O)(OCCC#N)OC[C@H]2S[C@@H](n3cnc4c(=O)[nH]c(NC(=O)C(C)C)nc43)[C@H](O[P+](=O)O)[C@@H]2O[Si](C)(C)C(C)(C)C)(c2ccccc2)c2ccc(OC)cc2)cc1. The summed E-state index contributed by atoms with van der Waals surface area (Å²) in [7, 11) is -8.10. The number of nitriles is 1. The van der Waals surface area contributed by atoms with Gasteiger partial charge in [-0.3, -0.25) is 47.4 Å². The zero-order chi connectivity index (χ0) is 66.0. The number of benzene rings is 4. The number of imidazole rings is 2. The van der Waals surface area contributed by atoms with Gasteiger partial charge in [-0.25, -0.2) is 24.5 Å². The second-order valence-corrected chi connectivity index (χ2v) is 32.5. The fourth-order valence-electron chi connectivity index (χ4n) is 11.1. The molecule has 4 N–H and O–H groups in total. The second kappa shape index (κ2) is 27.4. The van der Waals surface area contributed by atoms with E-state index in [0.717, 1.165) is 11.8 Å². The van der Waals surface area contributed by atoms with Crippen LogP contribution < -0.4 is 25.7 Å². The standard InChI is InChI=1S/C62H69N11O16P2SSi/c1-37(2)54(74)70-59-69-53-46(56(76)71-59)67-36-73(53)58-48(87-90(77)78)47(89-93(8,9)60(3,4)5)44(92-58)31-85-91(79,84-30-16-29-63)88-50-49-57(72-35-66-45-51(64-34-65-52(45)72)68-55(75)38-17-12-10-13-18-38)86-61(50,32-82-49)33-83-62(39-19-14-11-15-20-39,40-21-25-42(80-6)26-22-40)41-23-27-43(81-7)28-24-41/h10-15,17-28,34-37,44,47-50,57-58H,16,30-33H2,1-9H3,(H3-,64,65,68,69,70,71,74,75,76,77,78)/p+1/t44-,47-,48-,49-,50+,57-,58-,61-,91?/m1/s1. The zero-order valence-corrected chi connectivity index (χ0v) is 55.8. The Morgan fingerprint density at radius 1 is 0.871 bits per heavy atom. The third-order valence-corrected chi connectivity index (χ3v) is 24.8. The Labute approximate surface area is 540 Å². The normalized spacial score (nSPS) is 22.2. The number of carbonyl (C=O) groups excluding carboxylic acids is 2. The maximum Gasteiger partial charge on any atom is 0.695 e. The first-order valence-corrected chi connectivity index (χ1v) is 36.2. The molecule has 0 aliphatic carbocycles. The lowest BCUT2D eigenvalue weighted by molar-refractivity contribution is -0.202. The van der Waals surface area contributed by atoms with Gasteiger partial charge in [0.15, 0.2) is 48.8 Å². The Morgan fingerprint density at radius 3 is 2.13 bits per heavy atom. The van der Waals surface area contributed by atoms with Crippen LogP contribution in [-0.2, 0) is 56.3 Å². The van der Waals surface area contributed by atoms with Crippen molar-refractivity contribution in [3.05, 3.63) is 161 Å². The topological polar surface area (TPSA) is 336 Å². The number of thioether (sulfide) groups is 1. The zero-order valence-electron chi connectivity index (χ0n) is 52.2. The average molecular weight is 1350 g/mol. The van der Waals surface area contributed by atoms with Gasteiger partial charge >= 0.3 is 16.1 Å². The van der Waals surface area contributed by atoms with Crippen molar-refractivity contribution >= 4 is 82.1 Å². The van der Waals surface area contributed by atoms with E-state index in [9.17, 15) is 29.1 Å². The molecule has 3 aliphatic heterocycles. The summed E-state index contributed by atoms with van der Waals surface area (Å²) in [6.45, 7) is 11.8. The van der Waals surface area contributed by atoms with Crippen LogP contribution in [0.5, 0.6) is 11.5 Å². The molecule has 488 valence electrons. The van der Waals surface area contributed by atoms with Crippen molar-refractivity contribution in [3.8, 4) is 17.6 Å². The second-order valence-electron chi connectivity index (χ2n) is 24.1. The fraction of sp³-hybridized carbons (Fsp3) is 0.403. The Morgan fingerprint density at radius 2 is 1.51 bits per heavy atom. The number of methoxy groups -OCH3 is 2. The van der Waals surface area contributed by atoms with Crippen LogP contribution >= 0.6 is 27.8 Å². The van der Waals surface area contributed by atoms with Crippen LogP contribution in [0.1, 0.15) is 79.7 Å². The van der Waals surface area contributed by atoms with Gasteiger partial charge < -0.3 is 33.4 Å². The van der Waals surface area contributed by atoms with Crippen LogP contribution in [0.25, 0.3) is 22.3 Å². The Hall–Kier alpha value is -7.65. The van der Waals surface area contributed by atoms with Crippen LogP contribution in [0.3, 0.4) is 0 Å². The Bertz CT molecular complexity index is 4130. The minimum absolute atomic E-state index is 0.00195. The first kappa shape index (κ1) is 66.8. The van der Waals surface area contributed by atoms with Crippen LogP contribution in [0.15, 0.2) is 133 Å². The van der Waals surface area contributed by atoms with E-state index in [4.69, 9.17) is 46.2 Å². The number of carbonyl (C=O) groups is 2. The van der Waals surface area contributed by atoms with Crippen molar-refractivity contribution < 1.29 is 69.8 Å². The highest BCUT2D eigenvalue weighted by Gasteiger charge is 2.66. The van der Waals surface area contributed by atoms with E-state index in [1.807, 2.05) is 119 Å². The van der Waals surface area contributed by atoms with Crippen molar-refractivity contribution in [2.45, 2.75) is 112 Å². The highest BCUT2D eigenvalue weighted by Crippen LogP contribution is 2.60. The van der Waals surface area contributed by atoms with Gasteiger partial charge in [0, 0.05) is 16.0 Å². The molecule has 31 heteroatoms. The molecule has 93 heavy (non-hydrogen) atoms. The summed E-state index contributed by atoms with van der Waals surface area (Å²) >= 11 is 1.13. The van der Waals surface area contributed by atoms with Crippen molar-refractivity contribution in [2.24, 2.45) is 5.92 Å². The quantitative estimate of drug-likeness (QED) is 0.0169. The molecule has 10 atom stereocenters. The molecule has 3 saturated heterocycles. The smallest absolute Gasteiger partial charge is 0.497 e. The number of H-pyrrole nitrogens is 1. The molecule has 3 aliphatic rings. The number of aromatic nitrogens is 8. The van der Waals surface area contributed by atoms with Gasteiger partial charge in [-0.05, 0) is 71.2 Å². The number of amides is 2. The first-order valence-electron chi connectivity index (χ1n) is 29.7. The predicted molar refractivity (Wildman–Crippen MR) is 344 cm³/mol. The minimum atomic E-state index is -5.02. The summed E-state index contributed by atoms with van der Waals surface area (Å²) in [4.78, 5) is 75.7. The van der Waals surface area contributed by atoms with E-state index in [0.29, 0.717) is 33.8 Å². The number of phosphoric acid groups is 1. The van der Waals surface area contributed by atoms with Gasteiger partial charge in [0.05, 0.1) is 77.1 Å². The monoisotopic (exact) mass is 1350 g/mol. The van der Waals surface area contributed by atoms with Crippen LogP contribution in [0.2, 0.25) is 18.1 Å². The number of fused-ring (bicyclic) bond motifs is 4. The average Bonchev–Trinajstić information content (AvgIpc) is 1.61. The lowest BCUT2D eigenvalue weighted by Gasteiger charge is -2.40. The number of phosphoric ester groups is 1. The Balaban J connectivity index is 1.00. The number of nitrogens with one attached hydrogen (secondary N) is 3. The largest absolute Gasteiger partial charge is 0.695 e. The van der Waals surface area contributed by atoms with Crippen molar-refractivity contribution in [1.29, 1.82) is 5.26 Å². The molecule has 0 spiro atoms. The number of rotatable bonds is 26. The number of hydrogen-bond acceptors (Lipinski definition) is 22. The van der Waals surface area contributed by atoms with E-state index >= 15 is 4.57 Å². The van der Waals surface area contributed by atoms with Gasteiger partial charge in [-0.2, -0.15) is 10.2 Å². The lowest BCUT2D eigenvalue weighted by Crippen LogP contribution is -2.50. The maximum atomic E-state index is 16.1. The number of aromatic amines is 1. The van der Waals surface area contributed by atoms with Crippen LogP contribution in [0, 0.1) is 17.2 Å². The summed E-state index contributed by atoms with van der Waals surface area (Å²) in [6.07, 6.45) is -2.38. The van der Waals surface area contributed by atoms with Crippen LogP contribution in [-0.4, -0.2) is 140 Å². The minimum Gasteiger partial charge on any atom is -0.497 e. The van der Waals surface area contributed by atoms with Crippen molar-refractivity contribution in [2.75, 3.05) is 51.3 Å². The molecular formula is C62H70N11O16P2SSi+. The van der Waals surface area contributed by atoms with E-state index in [2.05, 4.69) is 40.5 Å². The third-order valence-electron chi connectivity index (χ3n) is 16.9. The molecule has 4 aromatic heterocycles. The summed E-state index contributed by atoms with van der Waals surface area (Å²) in [5, 5.41) is 12.9. The predicted octanol–water partition coefficient (Wildman–Crippen LogP) is 9.98. The lowest BCUT2D eigenvalue weighted by atomic mass is 9.79. The number of ether oxygens (including phenoxy) is 5. The van der Waals surface area contributed by atoms with Gasteiger partial charge in [-0.1, -0.05) is 107 Å². The van der Waals surface area contributed by atoms with Crippen LogP contribution in [0.4, 0.5) is 11.8 Å². The van der Waals surface area contributed by atoms with Gasteiger partial charge in [-0.15, -0.1) is 21.2 Å². The summed E-state index contributed by atoms with van der Waals surface area (Å²) < 4.78 is 97.6. The van der Waals surface area contributed by atoms with Crippen molar-refractivity contribution in [1.82, 2.24) is 39.0 Å². The number of nitrogens with zero attached hydrogens (tertiary/aromatic N) is 8. The van der Waals surface area contributed by atoms with E-state index in [1.165, 1.54) is 23.5 Å². The van der Waals surface area contributed by atoms with Gasteiger partial charge in [0.25, 0.3) is 11.5 Å². The molecule has 4 aromatic carbocycles. The molecule has 2 unspecified atom stereocenters. The fourth-order valence-corrected chi connectivity index (χ4v) is 16.1. The van der Waals surface area contributed by atoms with Crippen molar-refractivity contribution in [3.63, 3.8) is 0 Å². The molecule has 3 fully saturated rings.